The van der Waals surface area contributed by atoms with E-state index in [0.717, 1.165) is 49.5 Å². The van der Waals surface area contributed by atoms with Crippen LogP contribution in [0.1, 0.15) is 0 Å². The molecule has 0 radical (unpaired) electrons. The van der Waals surface area contributed by atoms with Crippen LogP contribution in [-0.4, -0.2) is 14.5 Å². The molecule has 0 aliphatic heterocycles. The molecule has 4 heteroatoms. The number of nitrogens with zero attached hydrogens (tertiary/aromatic N) is 3. The highest BCUT2D eigenvalue weighted by Crippen LogP contribution is 2.42. The largest absolute Gasteiger partial charge is 0.309 e. The molecular formula is C50H31N3S. The molecule has 3 heterocycles. The fourth-order valence-electron chi connectivity index (χ4n) is 7.94. The lowest BCUT2D eigenvalue weighted by Gasteiger charge is -2.10. The number of hydrogen-bond acceptors (Lipinski definition) is 3. The SMILES string of the molecule is c1ccc(-c2ccc3cc(-c4nc(-c5ccccc5)nc5c4sc4ccc(-c6ccc(-n7c8ccccc8c8ccccc87)cc6)cc45)ccc3c2)cc1. The maximum absolute atomic E-state index is 5.26. The molecule has 0 fully saturated rings. The molecule has 252 valence electrons. The number of fused-ring (bicyclic) bond motifs is 7. The molecular weight excluding hydrogens is 675 g/mol. The number of para-hydroxylation sites is 2. The minimum absolute atomic E-state index is 0.734. The van der Waals surface area contributed by atoms with Crippen molar-refractivity contribution in [2.24, 2.45) is 0 Å². The average molecular weight is 706 g/mol. The zero-order valence-corrected chi connectivity index (χ0v) is 30.0. The molecule has 54 heavy (non-hydrogen) atoms. The van der Waals surface area contributed by atoms with Crippen LogP contribution in [0.25, 0.3) is 103 Å². The van der Waals surface area contributed by atoms with Crippen molar-refractivity contribution in [3.63, 3.8) is 0 Å². The van der Waals surface area contributed by atoms with E-state index in [9.17, 15) is 0 Å². The molecule has 11 rings (SSSR count). The van der Waals surface area contributed by atoms with E-state index in [0.29, 0.717) is 0 Å². The topological polar surface area (TPSA) is 30.7 Å². The first-order valence-electron chi connectivity index (χ1n) is 18.2. The maximum atomic E-state index is 5.26. The van der Waals surface area contributed by atoms with Crippen LogP contribution in [0.4, 0.5) is 0 Å². The van der Waals surface area contributed by atoms with Crippen LogP contribution < -0.4 is 0 Å². The van der Waals surface area contributed by atoms with Crippen LogP contribution in [0, 0.1) is 0 Å². The number of thiophene rings is 1. The molecule has 0 atom stereocenters. The zero-order valence-electron chi connectivity index (χ0n) is 29.1. The molecule has 0 saturated heterocycles. The first-order chi connectivity index (χ1) is 26.7. The predicted molar refractivity (Wildman–Crippen MR) is 229 cm³/mol. The Kier molecular flexibility index (Phi) is 7.04. The maximum Gasteiger partial charge on any atom is 0.160 e. The molecule has 0 aliphatic rings. The van der Waals surface area contributed by atoms with Crippen LogP contribution in [0.5, 0.6) is 0 Å². The van der Waals surface area contributed by atoms with Gasteiger partial charge in [-0.2, -0.15) is 0 Å². The number of rotatable bonds is 5. The molecule has 0 saturated carbocycles. The fourth-order valence-corrected chi connectivity index (χ4v) is 9.08. The summed E-state index contributed by atoms with van der Waals surface area (Å²) in [5, 5.41) is 6.08. The van der Waals surface area contributed by atoms with E-state index in [1.807, 2.05) is 6.07 Å². The van der Waals surface area contributed by atoms with Crippen LogP contribution in [0.2, 0.25) is 0 Å². The second kappa shape index (κ2) is 12.4. The molecule has 0 bridgehead atoms. The van der Waals surface area contributed by atoms with Crippen LogP contribution in [0.15, 0.2) is 188 Å². The van der Waals surface area contributed by atoms with E-state index in [2.05, 4.69) is 187 Å². The molecule has 8 aromatic carbocycles. The average Bonchev–Trinajstić information content (AvgIpc) is 3.79. The standard InChI is InChI=1S/C50H31N3S/c1-3-11-32(12-4-1)35-19-20-37-30-39(22-21-36(37)29-35)47-49-48(52-50(51-47)34-13-5-2-6-14-34)43-31-38(25-28-46(43)54-49)33-23-26-40(27-24-33)53-44-17-9-7-15-41(44)42-16-8-10-18-45(42)53/h1-31H. The monoisotopic (exact) mass is 705 g/mol. The highest BCUT2D eigenvalue weighted by molar-refractivity contribution is 7.26. The van der Waals surface area contributed by atoms with Crippen molar-refractivity contribution in [3.05, 3.63) is 188 Å². The summed E-state index contributed by atoms with van der Waals surface area (Å²) in [6.07, 6.45) is 0. The van der Waals surface area contributed by atoms with Gasteiger partial charge >= 0.3 is 0 Å². The van der Waals surface area contributed by atoms with Gasteiger partial charge in [-0.3, -0.25) is 0 Å². The van der Waals surface area contributed by atoms with Gasteiger partial charge in [0.2, 0.25) is 0 Å². The third-order valence-corrected chi connectivity index (χ3v) is 11.8. The summed E-state index contributed by atoms with van der Waals surface area (Å²) in [7, 11) is 0. The van der Waals surface area contributed by atoms with Gasteiger partial charge < -0.3 is 4.57 Å². The Hall–Kier alpha value is -6.88. The van der Waals surface area contributed by atoms with Crippen molar-refractivity contribution in [2.45, 2.75) is 0 Å². The Bertz CT molecular complexity index is 3140. The Morgan fingerprint density at radius 1 is 0.389 bits per heavy atom. The van der Waals surface area contributed by atoms with Gasteiger partial charge in [0.1, 0.15) is 0 Å². The van der Waals surface area contributed by atoms with Gasteiger partial charge in [0.25, 0.3) is 0 Å². The number of hydrogen-bond donors (Lipinski definition) is 0. The van der Waals surface area contributed by atoms with Crippen LogP contribution >= 0.6 is 11.3 Å². The van der Waals surface area contributed by atoms with E-state index in [4.69, 9.17) is 9.97 Å². The Labute approximate surface area is 316 Å². The summed E-state index contributed by atoms with van der Waals surface area (Å²) >= 11 is 1.77. The summed E-state index contributed by atoms with van der Waals surface area (Å²) in [4.78, 5) is 10.5. The summed E-state index contributed by atoms with van der Waals surface area (Å²) in [5.41, 5.74) is 12.4. The van der Waals surface area contributed by atoms with Crippen molar-refractivity contribution in [1.29, 1.82) is 0 Å². The second-order valence-electron chi connectivity index (χ2n) is 13.8. The van der Waals surface area contributed by atoms with E-state index in [1.54, 1.807) is 11.3 Å². The quantitative estimate of drug-likeness (QED) is 0.178. The molecule has 0 aliphatic carbocycles. The number of aromatic nitrogens is 3. The first kappa shape index (κ1) is 30.7. The fraction of sp³-hybridized carbons (Fsp3) is 0. The highest BCUT2D eigenvalue weighted by atomic mass is 32.1. The van der Waals surface area contributed by atoms with Crippen molar-refractivity contribution in [1.82, 2.24) is 14.5 Å². The van der Waals surface area contributed by atoms with Crippen LogP contribution in [0.3, 0.4) is 0 Å². The molecule has 0 amide bonds. The van der Waals surface area contributed by atoms with E-state index < -0.39 is 0 Å². The van der Waals surface area contributed by atoms with Gasteiger partial charge in [-0.15, -0.1) is 11.3 Å². The number of benzene rings is 8. The second-order valence-corrected chi connectivity index (χ2v) is 14.9. The van der Waals surface area contributed by atoms with Gasteiger partial charge in [0.15, 0.2) is 5.82 Å². The minimum Gasteiger partial charge on any atom is -0.309 e. The van der Waals surface area contributed by atoms with E-state index in [1.165, 1.54) is 54.0 Å². The normalized spacial score (nSPS) is 11.7. The lowest BCUT2D eigenvalue weighted by Crippen LogP contribution is -1.94. The van der Waals surface area contributed by atoms with Crippen LogP contribution in [-0.2, 0) is 0 Å². The van der Waals surface area contributed by atoms with Crippen molar-refractivity contribution < 1.29 is 0 Å². The zero-order chi connectivity index (χ0) is 35.6. The van der Waals surface area contributed by atoms with Gasteiger partial charge in [0.05, 0.1) is 26.9 Å². The van der Waals surface area contributed by atoms with E-state index in [-0.39, 0.29) is 0 Å². The van der Waals surface area contributed by atoms with Crippen molar-refractivity contribution in [3.8, 4) is 50.6 Å². The summed E-state index contributed by atoms with van der Waals surface area (Å²) in [6.45, 7) is 0. The van der Waals surface area contributed by atoms with Gasteiger partial charge in [-0.1, -0.05) is 140 Å². The summed E-state index contributed by atoms with van der Waals surface area (Å²) in [6, 6.07) is 67.3. The Balaban J connectivity index is 1.03. The predicted octanol–water partition coefficient (Wildman–Crippen LogP) is 13.8. The molecule has 3 nitrogen and oxygen atoms in total. The summed E-state index contributed by atoms with van der Waals surface area (Å²) < 4.78 is 4.66. The van der Waals surface area contributed by atoms with Gasteiger partial charge in [0, 0.05) is 37.7 Å². The molecule has 3 aromatic heterocycles. The van der Waals surface area contributed by atoms with Crippen molar-refractivity contribution >= 4 is 64.2 Å². The van der Waals surface area contributed by atoms with Crippen molar-refractivity contribution in [2.75, 3.05) is 0 Å². The molecule has 0 unspecified atom stereocenters. The Morgan fingerprint density at radius 3 is 1.63 bits per heavy atom. The molecule has 11 aromatic rings. The van der Waals surface area contributed by atoms with E-state index >= 15 is 0 Å². The molecule has 0 N–H and O–H groups in total. The van der Waals surface area contributed by atoms with Gasteiger partial charge in [-0.05, 0) is 81.6 Å². The lowest BCUT2D eigenvalue weighted by atomic mass is 9.99. The Morgan fingerprint density at radius 2 is 0.926 bits per heavy atom. The first-order valence-corrected chi connectivity index (χ1v) is 19.1. The smallest absolute Gasteiger partial charge is 0.160 e. The lowest BCUT2D eigenvalue weighted by molar-refractivity contribution is 1.18. The minimum atomic E-state index is 0.734. The third-order valence-electron chi connectivity index (χ3n) is 10.6. The molecule has 0 spiro atoms. The highest BCUT2D eigenvalue weighted by Gasteiger charge is 2.18. The third kappa shape index (κ3) is 5.03. The summed E-state index contributed by atoms with van der Waals surface area (Å²) in [5.74, 6) is 0.734. The van der Waals surface area contributed by atoms with Gasteiger partial charge in [-0.25, -0.2) is 9.97 Å².